The molecular formula is C16H8Cl2FN5O. The first-order valence-electron chi connectivity index (χ1n) is 7.08. The highest BCUT2D eigenvalue weighted by molar-refractivity contribution is 6.35. The van der Waals surface area contributed by atoms with E-state index in [2.05, 4.69) is 20.2 Å². The highest BCUT2D eigenvalue weighted by Gasteiger charge is 2.19. The van der Waals surface area contributed by atoms with E-state index in [0.717, 1.165) is 6.07 Å². The molecule has 0 atom stereocenters. The summed E-state index contributed by atoms with van der Waals surface area (Å²) in [5.41, 5.74) is 0.176. The van der Waals surface area contributed by atoms with Crippen molar-refractivity contribution in [3.63, 3.8) is 0 Å². The van der Waals surface area contributed by atoms with Crippen LogP contribution in [0.3, 0.4) is 0 Å². The smallest absolute Gasteiger partial charge is 0.266 e. The molecule has 9 heteroatoms. The first-order valence-corrected chi connectivity index (χ1v) is 7.84. The summed E-state index contributed by atoms with van der Waals surface area (Å²) in [4.78, 5) is 21.5. The Balaban J connectivity index is 2.15. The second-order valence-corrected chi connectivity index (χ2v) is 6.00. The van der Waals surface area contributed by atoms with Gasteiger partial charge in [0, 0.05) is 5.02 Å². The zero-order valence-electron chi connectivity index (χ0n) is 12.4. The van der Waals surface area contributed by atoms with E-state index in [1.165, 1.54) is 29.1 Å². The summed E-state index contributed by atoms with van der Waals surface area (Å²) < 4.78 is 14.8. The molecule has 0 amide bonds. The summed E-state index contributed by atoms with van der Waals surface area (Å²) in [7, 11) is 0. The number of fused-ring (bicyclic) bond motifs is 1. The molecule has 0 bridgehead atoms. The van der Waals surface area contributed by atoms with Crippen LogP contribution in [0.25, 0.3) is 28.2 Å². The Kier molecular flexibility index (Phi) is 3.74. The van der Waals surface area contributed by atoms with Crippen LogP contribution in [0, 0.1) is 5.82 Å². The van der Waals surface area contributed by atoms with Gasteiger partial charge in [0.15, 0.2) is 5.82 Å². The molecule has 2 aromatic heterocycles. The molecule has 0 spiro atoms. The van der Waals surface area contributed by atoms with Gasteiger partial charge in [-0.15, -0.1) is 0 Å². The van der Waals surface area contributed by atoms with E-state index in [1.54, 1.807) is 12.1 Å². The minimum Gasteiger partial charge on any atom is -0.268 e. The lowest BCUT2D eigenvalue weighted by atomic mass is 10.2. The fraction of sp³-hybridized carbons (Fsp3) is 0. The quantitative estimate of drug-likeness (QED) is 0.580. The molecule has 124 valence electrons. The van der Waals surface area contributed by atoms with Gasteiger partial charge in [-0.3, -0.25) is 14.5 Å². The topological polar surface area (TPSA) is 76.5 Å². The van der Waals surface area contributed by atoms with Crippen molar-refractivity contribution in [3.8, 4) is 17.3 Å². The van der Waals surface area contributed by atoms with Crippen LogP contribution in [0.1, 0.15) is 0 Å². The third kappa shape index (κ3) is 2.67. The van der Waals surface area contributed by atoms with E-state index in [-0.39, 0.29) is 22.1 Å². The van der Waals surface area contributed by atoms with Gasteiger partial charge in [-0.25, -0.2) is 14.4 Å². The molecule has 1 N–H and O–H groups in total. The van der Waals surface area contributed by atoms with Crippen LogP contribution < -0.4 is 5.56 Å². The largest absolute Gasteiger partial charge is 0.268 e. The molecule has 0 fully saturated rings. The van der Waals surface area contributed by atoms with Crippen molar-refractivity contribution >= 4 is 34.1 Å². The minimum atomic E-state index is -0.536. The van der Waals surface area contributed by atoms with Gasteiger partial charge in [-0.1, -0.05) is 23.2 Å². The maximum atomic E-state index is 13.6. The van der Waals surface area contributed by atoms with Crippen LogP contribution in [0.4, 0.5) is 4.39 Å². The summed E-state index contributed by atoms with van der Waals surface area (Å²) in [5.74, 6) is -0.158. The Morgan fingerprint density at radius 3 is 2.68 bits per heavy atom. The number of aromatic nitrogens is 5. The fourth-order valence-electron chi connectivity index (χ4n) is 2.51. The second kappa shape index (κ2) is 5.94. The molecule has 0 saturated carbocycles. The Morgan fingerprint density at radius 1 is 1.12 bits per heavy atom. The molecular weight excluding hydrogens is 368 g/mol. The standard InChI is InChI=1S/C16H8Cl2FN5O/c17-8-1-4-13(11(18)5-8)24-15(14-20-7-21-23-14)22-12-3-2-9(19)6-10(12)16(24)25/h1-7H,(H,20,21,23). The number of rotatable bonds is 2. The Morgan fingerprint density at radius 2 is 1.96 bits per heavy atom. The fourth-order valence-corrected chi connectivity index (χ4v) is 3.00. The monoisotopic (exact) mass is 375 g/mol. The van der Waals surface area contributed by atoms with E-state index < -0.39 is 11.4 Å². The van der Waals surface area contributed by atoms with Gasteiger partial charge >= 0.3 is 0 Å². The van der Waals surface area contributed by atoms with Crippen LogP contribution >= 0.6 is 23.2 Å². The van der Waals surface area contributed by atoms with E-state index in [0.29, 0.717) is 16.2 Å². The first-order chi connectivity index (χ1) is 12.0. The molecule has 0 radical (unpaired) electrons. The van der Waals surface area contributed by atoms with Gasteiger partial charge in [0.2, 0.25) is 5.82 Å². The van der Waals surface area contributed by atoms with Crippen molar-refractivity contribution in [2.45, 2.75) is 0 Å². The Labute approximate surface area is 149 Å². The number of hydrogen-bond acceptors (Lipinski definition) is 4. The highest BCUT2D eigenvalue weighted by atomic mass is 35.5. The van der Waals surface area contributed by atoms with Crippen molar-refractivity contribution in [2.75, 3.05) is 0 Å². The van der Waals surface area contributed by atoms with Crippen molar-refractivity contribution in [2.24, 2.45) is 0 Å². The summed E-state index contributed by atoms with van der Waals surface area (Å²) in [6.07, 6.45) is 1.37. The lowest BCUT2D eigenvalue weighted by Crippen LogP contribution is -2.22. The van der Waals surface area contributed by atoms with Gasteiger partial charge in [-0.05, 0) is 36.4 Å². The molecule has 2 aromatic carbocycles. The maximum Gasteiger partial charge on any atom is 0.266 e. The molecule has 0 saturated heterocycles. The van der Waals surface area contributed by atoms with E-state index in [1.807, 2.05) is 0 Å². The van der Waals surface area contributed by atoms with Crippen LogP contribution in [-0.2, 0) is 0 Å². The van der Waals surface area contributed by atoms with Crippen LogP contribution in [0.15, 0.2) is 47.5 Å². The van der Waals surface area contributed by atoms with E-state index in [9.17, 15) is 9.18 Å². The van der Waals surface area contributed by atoms with Gasteiger partial charge in [0.05, 0.1) is 21.6 Å². The predicted molar refractivity (Wildman–Crippen MR) is 92.7 cm³/mol. The van der Waals surface area contributed by atoms with E-state index >= 15 is 0 Å². The molecule has 25 heavy (non-hydrogen) atoms. The molecule has 0 aliphatic carbocycles. The second-order valence-electron chi connectivity index (χ2n) is 5.16. The molecule has 4 rings (SSSR count). The third-order valence-electron chi connectivity index (χ3n) is 3.60. The molecule has 0 aliphatic rings. The van der Waals surface area contributed by atoms with Crippen molar-refractivity contribution in [3.05, 3.63) is 68.9 Å². The summed E-state index contributed by atoms with van der Waals surface area (Å²) in [6, 6.07) is 8.46. The van der Waals surface area contributed by atoms with Crippen LogP contribution in [0.2, 0.25) is 10.0 Å². The maximum absolute atomic E-state index is 13.6. The van der Waals surface area contributed by atoms with Crippen molar-refractivity contribution in [1.29, 1.82) is 0 Å². The molecule has 6 nitrogen and oxygen atoms in total. The minimum absolute atomic E-state index is 0.116. The first kappa shape index (κ1) is 15.7. The average Bonchev–Trinajstić information content (AvgIpc) is 3.11. The Bertz CT molecular complexity index is 1160. The van der Waals surface area contributed by atoms with Gasteiger partial charge in [-0.2, -0.15) is 5.10 Å². The number of nitrogens with one attached hydrogen (secondary N) is 1. The zero-order chi connectivity index (χ0) is 17.6. The number of hydrogen-bond donors (Lipinski definition) is 1. The Hall–Kier alpha value is -2.77. The summed E-state index contributed by atoms with van der Waals surface area (Å²) in [6.45, 7) is 0. The highest BCUT2D eigenvalue weighted by Crippen LogP contribution is 2.27. The normalized spacial score (nSPS) is 11.2. The van der Waals surface area contributed by atoms with Crippen LogP contribution in [-0.4, -0.2) is 24.7 Å². The summed E-state index contributed by atoms with van der Waals surface area (Å²) in [5, 5.41) is 7.33. The van der Waals surface area contributed by atoms with Gasteiger partial charge in [0.25, 0.3) is 5.56 Å². The van der Waals surface area contributed by atoms with Crippen molar-refractivity contribution < 1.29 is 4.39 Å². The molecule has 2 heterocycles. The number of H-pyrrole nitrogens is 1. The number of nitrogens with zero attached hydrogens (tertiary/aromatic N) is 4. The lowest BCUT2D eigenvalue weighted by molar-refractivity contribution is 0.629. The average molecular weight is 376 g/mol. The number of halogens is 3. The molecule has 0 unspecified atom stereocenters. The van der Waals surface area contributed by atoms with Crippen LogP contribution in [0.5, 0.6) is 0 Å². The SMILES string of the molecule is O=c1c2cc(F)ccc2nc(-c2nc[nH]n2)n1-c1ccc(Cl)cc1Cl. The zero-order valence-corrected chi connectivity index (χ0v) is 13.9. The number of aromatic amines is 1. The third-order valence-corrected chi connectivity index (χ3v) is 4.13. The molecule has 0 aliphatic heterocycles. The number of benzene rings is 2. The molecule has 4 aromatic rings. The predicted octanol–water partition coefficient (Wildman–Crippen LogP) is 3.62. The van der Waals surface area contributed by atoms with Gasteiger partial charge in [0.1, 0.15) is 12.1 Å². The van der Waals surface area contributed by atoms with Crippen molar-refractivity contribution in [1.82, 2.24) is 24.7 Å². The van der Waals surface area contributed by atoms with E-state index in [4.69, 9.17) is 23.2 Å². The van der Waals surface area contributed by atoms with Gasteiger partial charge < -0.3 is 0 Å². The lowest BCUT2D eigenvalue weighted by Gasteiger charge is -2.13. The summed E-state index contributed by atoms with van der Waals surface area (Å²) >= 11 is 12.2.